The number of rotatable bonds is 9. The van der Waals surface area contributed by atoms with Crippen LogP contribution in [0.1, 0.15) is 47.9 Å². The van der Waals surface area contributed by atoms with E-state index >= 15 is 0 Å². The monoisotopic (exact) mass is 460 g/mol. The molecule has 3 nitrogen and oxygen atoms in total. The molecule has 0 spiro atoms. The van der Waals surface area contributed by atoms with Crippen LogP contribution in [0.3, 0.4) is 0 Å². The Kier molecular flexibility index (Phi) is 7.72. The molecular weight excluding hydrogens is 434 g/mol. The molecule has 0 heterocycles. The van der Waals surface area contributed by atoms with E-state index in [0.717, 1.165) is 11.1 Å². The molecule has 0 N–H and O–H groups in total. The minimum absolute atomic E-state index is 0.243. The zero-order valence-electron chi connectivity index (χ0n) is 18.6. The molecule has 5 heteroatoms. The third-order valence-corrected chi connectivity index (χ3v) is 6.61. The zero-order valence-corrected chi connectivity index (χ0v) is 19.5. The molecule has 2 unspecified atom stereocenters. The van der Waals surface area contributed by atoms with Crippen LogP contribution in [-0.4, -0.2) is 0 Å². The average Bonchev–Trinajstić information content (AvgIpc) is 2.89. The predicted octanol–water partition coefficient (Wildman–Crippen LogP) is 8.58. The van der Waals surface area contributed by atoms with Crippen molar-refractivity contribution in [3.8, 4) is 11.5 Å². The van der Waals surface area contributed by atoms with Crippen LogP contribution in [0, 0.1) is 0 Å². The summed E-state index contributed by atoms with van der Waals surface area (Å²) in [5.41, 5.74) is 4.74. The summed E-state index contributed by atoms with van der Waals surface area (Å²) in [5.74, 6) is 1.45. The molecule has 0 saturated heterocycles. The van der Waals surface area contributed by atoms with Gasteiger partial charge in [0.05, 0.1) is 0 Å². The molecule has 168 valence electrons. The summed E-state index contributed by atoms with van der Waals surface area (Å²) < 4.78 is 28.3. The lowest BCUT2D eigenvalue weighted by molar-refractivity contribution is -0.0157. The van der Waals surface area contributed by atoms with Crippen molar-refractivity contribution in [3.63, 3.8) is 0 Å². The normalized spacial score (nSPS) is 13.7. The third kappa shape index (κ3) is 5.98. The Morgan fingerprint density at radius 1 is 0.515 bits per heavy atom. The number of benzene rings is 4. The Bertz CT molecular complexity index is 1030. The van der Waals surface area contributed by atoms with Crippen LogP contribution in [0.4, 0.5) is 4.53 Å². The summed E-state index contributed by atoms with van der Waals surface area (Å²) in [5, 5.41) is 0. The fraction of sp³-hybridized carbons (Fsp3) is 0.143. The lowest BCUT2D eigenvalue weighted by Gasteiger charge is -2.16. The van der Waals surface area contributed by atoms with Crippen molar-refractivity contribution in [1.82, 2.24) is 0 Å². The van der Waals surface area contributed by atoms with E-state index in [9.17, 15) is 4.53 Å². The SMILES string of the molecule is CC(c1ccccc1)c1ccc(OP(OF)Oc2ccc(C(C)c3ccccc3)cc2)cc1. The van der Waals surface area contributed by atoms with E-state index in [0.29, 0.717) is 11.5 Å². The summed E-state index contributed by atoms with van der Waals surface area (Å²) in [7, 11) is -2.22. The summed E-state index contributed by atoms with van der Waals surface area (Å²) in [6.07, 6.45) is 0. The van der Waals surface area contributed by atoms with Gasteiger partial charge in [0.1, 0.15) is 11.5 Å². The molecule has 4 rings (SSSR count). The lowest BCUT2D eigenvalue weighted by Crippen LogP contribution is -1.99. The van der Waals surface area contributed by atoms with Gasteiger partial charge in [-0.1, -0.05) is 104 Å². The van der Waals surface area contributed by atoms with Crippen LogP contribution in [0.2, 0.25) is 0 Å². The van der Waals surface area contributed by atoms with Gasteiger partial charge >= 0.3 is 8.60 Å². The number of hydrogen-bond acceptors (Lipinski definition) is 3. The number of halogens is 1. The zero-order chi connectivity index (χ0) is 23.0. The molecule has 0 radical (unpaired) electrons. The fourth-order valence-electron chi connectivity index (χ4n) is 3.72. The van der Waals surface area contributed by atoms with Crippen molar-refractivity contribution in [2.75, 3.05) is 0 Å². The molecule has 0 fully saturated rings. The van der Waals surface area contributed by atoms with Gasteiger partial charge in [-0.15, -0.1) is 0 Å². The largest absolute Gasteiger partial charge is 0.497 e. The first-order valence-corrected chi connectivity index (χ1v) is 12.0. The lowest BCUT2D eigenvalue weighted by atomic mass is 9.93. The van der Waals surface area contributed by atoms with Gasteiger partial charge in [0, 0.05) is 11.8 Å². The molecule has 0 aromatic heterocycles. The Balaban J connectivity index is 1.37. The first-order chi connectivity index (χ1) is 16.1. The Hall–Kier alpha value is -3.20. The van der Waals surface area contributed by atoms with Crippen LogP contribution < -0.4 is 9.05 Å². The van der Waals surface area contributed by atoms with Gasteiger partial charge in [0.25, 0.3) is 0 Å². The van der Waals surface area contributed by atoms with Crippen molar-refractivity contribution in [2.45, 2.75) is 25.7 Å². The van der Waals surface area contributed by atoms with Gasteiger partial charge in [-0.3, -0.25) is 0 Å². The van der Waals surface area contributed by atoms with E-state index in [4.69, 9.17) is 9.05 Å². The van der Waals surface area contributed by atoms with Gasteiger partial charge < -0.3 is 9.05 Å². The molecule has 0 bridgehead atoms. The van der Waals surface area contributed by atoms with Crippen LogP contribution >= 0.6 is 8.60 Å². The van der Waals surface area contributed by atoms with E-state index in [1.165, 1.54) is 11.1 Å². The van der Waals surface area contributed by atoms with Gasteiger partial charge in [0.15, 0.2) is 0 Å². The summed E-state index contributed by atoms with van der Waals surface area (Å²) in [6, 6.07) is 35.6. The second kappa shape index (κ2) is 11.1. The molecule has 0 aliphatic carbocycles. The first-order valence-electron chi connectivity index (χ1n) is 10.9. The molecule has 2 atom stereocenters. The van der Waals surface area contributed by atoms with Gasteiger partial charge in [-0.05, 0) is 51.0 Å². The van der Waals surface area contributed by atoms with E-state index < -0.39 is 8.60 Å². The standard InChI is InChI=1S/C28H26FO3P/c1-21(23-9-5-3-6-10-23)25-13-17-27(18-14-25)30-33(32-29)31-28-19-15-26(16-20-28)22(2)24-11-7-4-8-12-24/h3-22H,1-2H3. The van der Waals surface area contributed by atoms with Crippen molar-refractivity contribution in [2.24, 2.45) is 0 Å². The molecule has 0 aliphatic rings. The summed E-state index contributed by atoms with van der Waals surface area (Å²) >= 11 is 0. The smallest absolute Gasteiger partial charge is 0.416 e. The molecule has 0 amide bonds. The van der Waals surface area contributed by atoms with Crippen LogP contribution in [0.15, 0.2) is 109 Å². The fourth-order valence-corrected chi connectivity index (χ4v) is 4.40. The van der Waals surface area contributed by atoms with Gasteiger partial charge in [-0.25, -0.2) is 0 Å². The molecular formula is C28H26FO3P. The van der Waals surface area contributed by atoms with Crippen molar-refractivity contribution < 1.29 is 18.3 Å². The molecule has 33 heavy (non-hydrogen) atoms. The van der Waals surface area contributed by atoms with Crippen LogP contribution in [0.5, 0.6) is 11.5 Å². The predicted molar refractivity (Wildman–Crippen MR) is 131 cm³/mol. The quantitative estimate of drug-likeness (QED) is 0.234. The highest BCUT2D eigenvalue weighted by Gasteiger charge is 2.19. The average molecular weight is 460 g/mol. The van der Waals surface area contributed by atoms with Crippen LogP contribution in [0.25, 0.3) is 0 Å². The summed E-state index contributed by atoms with van der Waals surface area (Å²) in [4.78, 5) is 0. The third-order valence-electron chi connectivity index (χ3n) is 5.78. The number of hydrogen-bond donors (Lipinski definition) is 0. The maximum absolute atomic E-state index is 13.2. The van der Waals surface area contributed by atoms with Crippen molar-refractivity contribution >= 4 is 8.60 Å². The highest BCUT2D eigenvalue weighted by molar-refractivity contribution is 7.42. The van der Waals surface area contributed by atoms with Crippen LogP contribution in [-0.2, 0) is 4.73 Å². The highest BCUT2D eigenvalue weighted by atomic mass is 31.2. The second-order valence-corrected chi connectivity index (χ2v) is 8.83. The first kappa shape index (κ1) is 23.0. The van der Waals surface area contributed by atoms with Gasteiger partial charge in [-0.2, -0.15) is 0 Å². The Morgan fingerprint density at radius 2 is 0.848 bits per heavy atom. The van der Waals surface area contributed by atoms with Crippen molar-refractivity contribution in [1.29, 1.82) is 0 Å². The Morgan fingerprint density at radius 3 is 1.18 bits per heavy atom. The maximum atomic E-state index is 13.2. The molecule has 0 saturated carbocycles. The highest BCUT2D eigenvalue weighted by Crippen LogP contribution is 2.42. The second-order valence-electron chi connectivity index (χ2n) is 7.88. The van der Waals surface area contributed by atoms with Crippen molar-refractivity contribution in [3.05, 3.63) is 131 Å². The van der Waals surface area contributed by atoms with E-state index in [2.05, 4.69) is 42.8 Å². The summed E-state index contributed by atoms with van der Waals surface area (Å²) in [6.45, 7) is 4.29. The van der Waals surface area contributed by atoms with E-state index in [1.54, 1.807) is 24.3 Å². The Labute approximate surface area is 195 Å². The minimum Gasteiger partial charge on any atom is -0.416 e. The topological polar surface area (TPSA) is 27.7 Å². The van der Waals surface area contributed by atoms with E-state index in [-0.39, 0.29) is 11.8 Å². The van der Waals surface area contributed by atoms with E-state index in [1.807, 2.05) is 60.7 Å². The van der Waals surface area contributed by atoms with Gasteiger partial charge in [0.2, 0.25) is 0 Å². The minimum atomic E-state index is -2.22. The molecule has 4 aromatic carbocycles. The maximum Gasteiger partial charge on any atom is 0.497 e. The molecule has 4 aromatic rings. The molecule has 0 aliphatic heterocycles.